The number of nitrogens with one attached hydrogen (secondary N) is 1. The minimum Gasteiger partial charge on any atom is -0.382 e. The van der Waals surface area contributed by atoms with Gasteiger partial charge in [-0.05, 0) is 19.1 Å². The summed E-state index contributed by atoms with van der Waals surface area (Å²) in [5.74, 6) is 0.440. The Morgan fingerprint density at radius 1 is 1.22 bits per heavy atom. The molecule has 1 saturated heterocycles. The number of sulfonamides is 1. The van der Waals surface area contributed by atoms with Gasteiger partial charge in [-0.2, -0.15) is 4.31 Å². The Morgan fingerprint density at radius 2 is 1.96 bits per heavy atom. The van der Waals surface area contributed by atoms with Crippen LogP contribution in [0.1, 0.15) is 17.4 Å². The molecule has 3 heterocycles. The van der Waals surface area contributed by atoms with Crippen LogP contribution in [-0.2, 0) is 10.0 Å². The fourth-order valence-electron chi connectivity index (χ4n) is 2.70. The van der Waals surface area contributed by atoms with Crippen molar-refractivity contribution in [3.8, 4) is 0 Å². The lowest BCUT2D eigenvalue weighted by Gasteiger charge is -2.34. The maximum absolute atomic E-state index is 12.5. The first-order valence-electron chi connectivity index (χ1n) is 8.48. The first-order chi connectivity index (χ1) is 12.9. The summed E-state index contributed by atoms with van der Waals surface area (Å²) in [4.78, 5) is 26.8. The number of nitrogens with zero attached hydrogens (tertiary/aromatic N) is 5. The van der Waals surface area contributed by atoms with Crippen LogP contribution in [0.4, 0.5) is 17.5 Å². The number of carbonyl (C=O) groups is 1. The summed E-state index contributed by atoms with van der Waals surface area (Å²) in [7, 11) is -3.21. The van der Waals surface area contributed by atoms with Gasteiger partial charge < -0.3 is 16.0 Å². The summed E-state index contributed by atoms with van der Waals surface area (Å²) in [5.41, 5.74) is 5.81. The molecule has 0 saturated carbocycles. The molecule has 11 heteroatoms. The van der Waals surface area contributed by atoms with Gasteiger partial charge in [-0.15, -0.1) is 0 Å². The molecule has 3 rings (SSSR count). The highest BCUT2D eigenvalue weighted by molar-refractivity contribution is 7.89. The zero-order chi connectivity index (χ0) is 19.4. The number of nitrogens with two attached hydrogens (primary N) is 1. The minimum atomic E-state index is -3.21. The molecule has 0 aromatic carbocycles. The number of amides is 1. The molecular weight excluding hydrogens is 370 g/mol. The number of carbonyl (C=O) groups excluding carboxylic acids is 1. The SMILES string of the molecule is CCS(=O)(=O)N1CCN(c2cnc(N)c(C(=O)Nc3ccccn3)n2)CC1. The lowest BCUT2D eigenvalue weighted by molar-refractivity contribution is 0.102. The molecule has 2 aromatic rings. The van der Waals surface area contributed by atoms with E-state index in [0.29, 0.717) is 37.8 Å². The van der Waals surface area contributed by atoms with E-state index in [0.717, 1.165) is 0 Å². The van der Waals surface area contributed by atoms with Crippen LogP contribution in [0.25, 0.3) is 0 Å². The molecule has 0 bridgehead atoms. The molecule has 27 heavy (non-hydrogen) atoms. The first kappa shape index (κ1) is 19.0. The van der Waals surface area contributed by atoms with Crippen molar-refractivity contribution in [3.63, 3.8) is 0 Å². The molecular formula is C16H21N7O3S. The van der Waals surface area contributed by atoms with Crippen LogP contribution in [0, 0.1) is 0 Å². The second-order valence-electron chi connectivity index (χ2n) is 5.92. The molecule has 10 nitrogen and oxygen atoms in total. The topological polar surface area (TPSA) is 134 Å². The van der Waals surface area contributed by atoms with Crippen molar-refractivity contribution in [1.82, 2.24) is 19.3 Å². The van der Waals surface area contributed by atoms with Gasteiger partial charge in [0.1, 0.15) is 11.6 Å². The van der Waals surface area contributed by atoms with E-state index in [9.17, 15) is 13.2 Å². The molecule has 1 fully saturated rings. The van der Waals surface area contributed by atoms with Crippen molar-refractivity contribution >= 4 is 33.4 Å². The second-order valence-corrected chi connectivity index (χ2v) is 8.18. The van der Waals surface area contributed by atoms with Gasteiger partial charge >= 0.3 is 0 Å². The summed E-state index contributed by atoms with van der Waals surface area (Å²) < 4.78 is 25.4. The predicted octanol–water partition coefficient (Wildman–Crippen LogP) is 0.178. The van der Waals surface area contributed by atoms with E-state index in [1.807, 2.05) is 4.90 Å². The highest BCUT2D eigenvalue weighted by Gasteiger charge is 2.27. The lowest BCUT2D eigenvalue weighted by Crippen LogP contribution is -2.49. The minimum absolute atomic E-state index is 0.00163. The van der Waals surface area contributed by atoms with Crippen molar-refractivity contribution < 1.29 is 13.2 Å². The van der Waals surface area contributed by atoms with Crippen LogP contribution >= 0.6 is 0 Å². The zero-order valence-electron chi connectivity index (χ0n) is 14.9. The number of aromatic nitrogens is 3. The van der Waals surface area contributed by atoms with Crippen LogP contribution in [-0.4, -0.2) is 65.5 Å². The molecule has 0 atom stereocenters. The number of hydrogen-bond acceptors (Lipinski definition) is 8. The fraction of sp³-hybridized carbons (Fsp3) is 0.375. The van der Waals surface area contributed by atoms with Gasteiger partial charge in [-0.25, -0.2) is 23.4 Å². The molecule has 0 radical (unpaired) electrons. The third kappa shape index (κ3) is 4.31. The summed E-state index contributed by atoms with van der Waals surface area (Å²) in [6.07, 6.45) is 3.04. The normalized spacial score (nSPS) is 15.5. The number of hydrogen-bond donors (Lipinski definition) is 2. The third-order valence-electron chi connectivity index (χ3n) is 4.23. The summed E-state index contributed by atoms with van der Waals surface area (Å²) in [5, 5.41) is 2.63. The quantitative estimate of drug-likeness (QED) is 0.737. The van der Waals surface area contributed by atoms with Gasteiger partial charge in [0, 0.05) is 32.4 Å². The van der Waals surface area contributed by atoms with Gasteiger partial charge in [0.15, 0.2) is 11.5 Å². The number of anilines is 3. The van der Waals surface area contributed by atoms with Gasteiger partial charge in [-0.1, -0.05) is 6.07 Å². The summed E-state index contributed by atoms with van der Waals surface area (Å²) in [6.45, 7) is 3.26. The maximum atomic E-state index is 12.5. The van der Waals surface area contributed by atoms with E-state index in [2.05, 4.69) is 20.3 Å². The Balaban J connectivity index is 1.73. The number of nitrogen functional groups attached to an aromatic ring is 1. The average Bonchev–Trinajstić information content (AvgIpc) is 2.69. The highest BCUT2D eigenvalue weighted by Crippen LogP contribution is 2.18. The Bertz CT molecular complexity index is 913. The van der Waals surface area contributed by atoms with Crippen LogP contribution in [0.15, 0.2) is 30.6 Å². The zero-order valence-corrected chi connectivity index (χ0v) is 15.7. The third-order valence-corrected chi connectivity index (χ3v) is 6.11. The summed E-state index contributed by atoms with van der Waals surface area (Å²) >= 11 is 0. The Morgan fingerprint density at radius 3 is 2.59 bits per heavy atom. The maximum Gasteiger partial charge on any atom is 0.279 e. The number of piperazine rings is 1. The lowest BCUT2D eigenvalue weighted by atomic mass is 10.3. The van der Waals surface area contributed by atoms with Crippen LogP contribution in [0.2, 0.25) is 0 Å². The fourth-order valence-corrected chi connectivity index (χ4v) is 3.78. The van der Waals surface area contributed by atoms with Crippen LogP contribution in [0.5, 0.6) is 0 Å². The Labute approximate surface area is 157 Å². The average molecular weight is 391 g/mol. The van der Waals surface area contributed by atoms with E-state index in [-0.39, 0.29) is 17.3 Å². The van der Waals surface area contributed by atoms with Crippen molar-refractivity contribution in [2.24, 2.45) is 0 Å². The van der Waals surface area contributed by atoms with Gasteiger partial charge in [-0.3, -0.25) is 4.79 Å². The van der Waals surface area contributed by atoms with Crippen LogP contribution in [0.3, 0.4) is 0 Å². The van der Waals surface area contributed by atoms with Crippen molar-refractivity contribution in [2.75, 3.05) is 47.9 Å². The molecule has 0 aliphatic carbocycles. The largest absolute Gasteiger partial charge is 0.382 e. The number of pyridine rings is 1. The molecule has 1 amide bonds. The molecule has 2 aromatic heterocycles. The van der Waals surface area contributed by atoms with E-state index >= 15 is 0 Å². The molecule has 144 valence electrons. The Hall–Kier alpha value is -2.79. The van der Waals surface area contributed by atoms with E-state index in [4.69, 9.17) is 5.73 Å². The van der Waals surface area contributed by atoms with Crippen molar-refractivity contribution in [3.05, 3.63) is 36.3 Å². The molecule has 3 N–H and O–H groups in total. The summed E-state index contributed by atoms with van der Waals surface area (Å²) in [6, 6.07) is 5.14. The second kappa shape index (κ2) is 7.84. The molecule has 0 unspecified atom stereocenters. The predicted molar refractivity (Wildman–Crippen MR) is 102 cm³/mol. The van der Waals surface area contributed by atoms with Crippen LogP contribution < -0.4 is 16.0 Å². The van der Waals surface area contributed by atoms with Gasteiger partial charge in [0.05, 0.1) is 11.9 Å². The Kier molecular flexibility index (Phi) is 5.51. The van der Waals surface area contributed by atoms with Gasteiger partial charge in [0.25, 0.3) is 5.91 Å². The molecule has 1 aliphatic rings. The number of rotatable bonds is 5. The van der Waals surface area contributed by atoms with E-state index in [1.54, 1.807) is 31.3 Å². The monoisotopic (exact) mass is 391 g/mol. The smallest absolute Gasteiger partial charge is 0.279 e. The highest BCUT2D eigenvalue weighted by atomic mass is 32.2. The van der Waals surface area contributed by atoms with Crippen molar-refractivity contribution in [1.29, 1.82) is 0 Å². The van der Waals surface area contributed by atoms with Crippen molar-refractivity contribution in [2.45, 2.75) is 6.92 Å². The first-order valence-corrected chi connectivity index (χ1v) is 10.1. The van der Waals surface area contributed by atoms with E-state index < -0.39 is 15.9 Å². The van der Waals surface area contributed by atoms with Gasteiger partial charge in [0.2, 0.25) is 10.0 Å². The standard InChI is InChI=1S/C16H21N7O3S/c1-2-27(25,26)23-9-7-22(8-10-23)13-11-19-15(17)14(21-13)16(24)20-12-5-3-4-6-18-12/h3-6,11H,2,7-10H2,1H3,(H2,17,19)(H,18,20,24). The molecule has 1 aliphatic heterocycles. The van der Waals surface area contributed by atoms with E-state index in [1.165, 1.54) is 10.5 Å². The molecule has 0 spiro atoms.